The number of imide groups is 1. The molecule has 9 heteroatoms. The summed E-state index contributed by atoms with van der Waals surface area (Å²) in [6.07, 6.45) is 0.380. The summed E-state index contributed by atoms with van der Waals surface area (Å²) in [6, 6.07) is 7.73. The monoisotopic (exact) mass is 374 g/mol. The van der Waals surface area contributed by atoms with Gasteiger partial charge in [0.15, 0.2) is 6.61 Å². The van der Waals surface area contributed by atoms with E-state index in [-0.39, 0.29) is 31.3 Å². The van der Waals surface area contributed by atoms with E-state index in [0.717, 1.165) is 0 Å². The predicted molar refractivity (Wildman–Crippen MR) is 94.8 cm³/mol. The van der Waals surface area contributed by atoms with Gasteiger partial charge in [-0.2, -0.15) is 0 Å². The number of rotatable bonds is 4. The molecule has 9 nitrogen and oxygen atoms in total. The van der Waals surface area contributed by atoms with E-state index in [2.05, 4.69) is 10.6 Å². The Kier molecular flexibility index (Phi) is 5.90. The van der Waals surface area contributed by atoms with Gasteiger partial charge < -0.3 is 19.9 Å². The van der Waals surface area contributed by atoms with Crippen LogP contribution in [0.3, 0.4) is 0 Å². The Bertz CT molecular complexity index is 716. The highest BCUT2D eigenvalue weighted by molar-refractivity contribution is 5.98. The van der Waals surface area contributed by atoms with Gasteiger partial charge in [-0.3, -0.25) is 19.7 Å². The van der Waals surface area contributed by atoms with Gasteiger partial charge in [0.2, 0.25) is 11.8 Å². The molecule has 1 aromatic carbocycles. The van der Waals surface area contributed by atoms with E-state index in [0.29, 0.717) is 31.9 Å². The Hall–Kier alpha value is -3.10. The maximum absolute atomic E-state index is 12.6. The first kappa shape index (κ1) is 18.7. The fraction of sp³-hybridized carbons (Fsp3) is 0.444. The maximum atomic E-state index is 12.6. The van der Waals surface area contributed by atoms with Gasteiger partial charge in [0.05, 0.1) is 0 Å². The molecule has 0 saturated carbocycles. The van der Waals surface area contributed by atoms with E-state index in [4.69, 9.17) is 4.74 Å². The van der Waals surface area contributed by atoms with Crippen LogP contribution in [0, 0.1) is 0 Å². The first-order chi connectivity index (χ1) is 13.0. The molecule has 0 aliphatic carbocycles. The van der Waals surface area contributed by atoms with E-state index in [9.17, 15) is 19.2 Å². The van der Waals surface area contributed by atoms with Crippen molar-refractivity contribution in [3.63, 3.8) is 0 Å². The SMILES string of the molecule is O=C1CC[C@H](C(=O)N2CCN(C(=O)COc3ccccc3)CC2)NC(=O)N1. The van der Waals surface area contributed by atoms with E-state index in [1.165, 1.54) is 0 Å². The third kappa shape index (κ3) is 4.96. The Morgan fingerprint density at radius 1 is 1.04 bits per heavy atom. The number of hydrogen-bond acceptors (Lipinski definition) is 5. The third-order valence-electron chi connectivity index (χ3n) is 4.57. The molecule has 1 aromatic rings. The number of nitrogens with zero attached hydrogens (tertiary/aromatic N) is 2. The number of amides is 5. The topological polar surface area (TPSA) is 108 Å². The lowest BCUT2D eigenvalue weighted by Gasteiger charge is -2.36. The molecule has 0 radical (unpaired) electrons. The molecule has 2 saturated heterocycles. The second kappa shape index (κ2) is 8.52. The Morgan fingerprint density at radius 3 is 2.41 bits per heavy atom. The van der Waals surface area contributed by atoms with Crippen LogP contribution in [-0.2, 0) is 14.4 Å². The number of para-hydroxylation sites is 1. The summed E-state index contributed by atoms with van der Waals surface area (Å²) in [5.41, 5.74) is 0. The van der Waals surface area contributed by atoms with E-state index < -0.39 is 18.0 Å². The van der Waals surface area contributed by atoms with Gasteiger partial charge in [-0.1, -0.05) is 18.2 Å². The van der Waals surface area contributed by atoms with Crippen LogP contribution in [0.1, 0.15) is 12.8 Å². The van der Waals surface area contributed by atoms with Crippen LogP contribution >= 0.6 is 0 Å². The van der Waals surface area contributed by atoms with Crippen LogP contribution in [0.25, 0.3) is 0 Å². The minimum Gasteiger partial charge on any atom is -0.484 e. The molecule has 2 aliphatic rings. The van der Waals surface area contributed by atoms with Crippen molar-refractivity contribution in [2.45, 2.75) is 18.9 Å². The number of benzene rings is 1. The number of hydrogen-bond donors (Lipinski definition) is 2. The minimum atomic E-state index is -0.722. The molecule has 2 N–H and O–H groups in total. The van der Waals surface area contributed by atoms with Crippen LogP contribution in [0.5, 0.6) is 5.75 Å². The average molecular weight is 374 g/mol. The Balaban J connectivity index is 1.46. The number of ether oxygens (including phenoxy) is 1. The van der Waals surface area contributed by atoms with Crippen molar-refractivity contribution < 1.29 is 23.9 Å². The van der Waals surface area contributed by atoms with Gasteiger partial charge in [0.1, 0.15) is 11.8 Å². The summed E-state index contributed by atoms with van der Waals surface area (Å²) in [6.45, 7) is 1.51. The predicted octanol–water partition coefficient (Wildman–Crippen LogP) is -0.276. The molecule has 3 rings (SSSR count). The molecular weight excluding hydrogens is 352 g/mol. The van der Waals surface area contributed by atoms with Crippen molar-refractivity contribution in [2.75, 3.05) is 32.8 Å². The molecule has 5 amide bonds. The number of piperazine rings is 1. The van der Waals surface area contributed by atoms with Crippen molar-refractivity contribution in [1.82, 2.24) is 20.4 Å². The molecule has 2 heterocycles. The number of carbonyl (C=O) groups excluding carboxylic acids is 4. The van der Waals surface area contributed by atoms with E-state index in [1.54, 1.807) is 21.9 Å². The lowest BCUT2D eigenvalue weighted by atomic mass is 10.1. The van der Waals surface area contributed by atoms with Crippen molar-refractivity contribution in [2.24, 2.45) is 0 Å². The Morgan fingerprint density at radius 2 is 1.70 bits per heavy atom. The molecular formula is C18H22N4O5. The zero-order valence-corrected chi connectivity index (χ0v) is 14.8. The summed E-state index contributed by atoms with van der Waals surface area (Å²) >= 11 is 0. The molecule has 0 unspecified atom stereocenters. The molecule has 0 aromatic heterocycles. The summed E-state index contributed by atoms with van der Waals surface area (Å²) in [5.74, 6) is -0.125. The highest BCUT2D eigenvalue weighted by Gasteiger charge is 2.32. The molecule has 144 valence electrons. The van der Waals surface area contributed by atoms with Crippen LogP contribution < -0.4 is 15.4 Å². The largest absolute Gasteiger partial charge is 0.484 e. The zero-order valence-electron chi connectivity index (χ0n) is 14.8. The third-order valence-corrected chi connectivity index (χ3v) is 4.57. The van der Waals surface area contributed by atoms with Gasteiger partial charge in [-0.25, -0.2) is 4.79 Å². The summed E-state index contributed by atoms with van der Waals surface area (Å²) in [4.78, 5) is 51.0. The molecule has 1 atom stereocenters. The van der Waals surface area contributed by atoms with Crippen LogP contribution in [0.15, 0.2) is 30.3 Å². The lowest BCUT2D eigenvalue weighted by molar-refractivity contribution is -0.141. The highest BCUT2D eigenvalue weighted by atomic mass is 16.5. The van der Waals surface area contributed by atoms with Gasteiger partial charge in [0.25, 0.3) is 5.91 Å². The lowest BCUT2D eigenvalue weighted by Crippen LogP contribution is -2.56. The first-order valence-corrected chi connectivity index (χ1v) is 8.87. The van der Waals surface area contributed by atoms with Gasteiger partial charge in [-0.05, 0) is 18.6 Å². The molecule has 0 bridgehead atoms. The van der Waals surface area contributed by atoms with Crippen LogP contribution in [0.4, 0.5) is 4.79 Å². The number of nitrogens with one attached hydrogen (secondary N) is 2. The normalized spacial score (nSPS) is 20.4. The average Bonchev–Trinajstić information content (AvgIpc) is 2.86. The van der Waals surface area contributed by atoms with Crippen LogP contribution in [-0.4, -0.2) is 72.4 Å². The second-order valence-corrected chi connectivity index (χ2v) is 6.42. The fourth-order valence-electron chi connectivity index (χ4n) is 3.07. The van der Waals surface area contributed by atoms with Crippen molar-refractivity contribution >= 4 is 23.8 Å². The summed E-state index contributed by atoms with van der Waals surface area (Å²) in [5, 5.41) is 4.67. The molecule has 27 heavy (non-hydrogen) atoms. The zero-order chi connectivity index (χ0) is 19.2. The van der Waals surface area contributed by atoms with Gasteiger partial charge in [0, 0.05) is 32.6 Å². The number of urea groups is 1. The Labute approximate surface area is 156 Å². The van der Waals surface area contributed by atoms with E-state index >= 15 is 0 Å². The first-order valence-electron chi connectivity index (χ1n) is 8.87. The maximum Gasteiger partial charge on any atom is 0.322 e. The quantitative estimate of drug-likeness (QED) is 0.754. The fourth-order valence-corrected chi connectivity index (χ4v) is 3.07. The van der Waals surface area contributed by atoms with Gasteiger partial charge >= 0.3 is 6.03 Å². The number of carbonyl (C=O) groups is 4. The summed E-state index contributed by atoms with van der Waals surface area (Å²) in [7, 11) is 0. The summed E-state index contributed by atoms with van der Waals surface area (Å²) < 4.78 is 5.47. The smallest absolute Gasteiger partial charge is 0.322 e. The molecule has 0 spiro atoms. The van der Waals surface area contributed by atoms with Crippen molar-refractivity contribution in [3.8, 4) is 5.75 Å². The van der Waals surface area contributed by atoms with Crippen molar-refractivity contribution in [3.05, 3.63) is 30.3 Å². The highest BCUT2D eigenvalue weighted by Crippen LogP contribution is 2.11. The van der Waals surface area contributed by atoms with Gasteiger partial charge in [-0.15, -0.1) is 0 Å². The standard InChI is InChI=1S/C18H22N4O5/c23-15-7-6-14(19-18(26)20-15)17(25)22-10-8-21(9-11-22)16(24)12-27-13-4-2-1-3-5-13/h1-5,14H,6-12H2,(H2,19,20,23,26)/t14-/m1/s1. The molecule has 2 aliphatic heterocycles. The van der Waals surface area contributed by atoms with E-state index in [1.807, 2.05) is 18.2 Å². The molecule has 2 fully saturated rings. The minimum absolute atomic E-state index is 0.0512. The second-order valence-electron chi connectivity index (χ2n) is 6.42. The van der Waals surface area contributed by atoms with Crippen LogP contribution in [0.2, 0.25) is 0 Å². The van der Waals surface area contributed by atoms with Crippen molar-refractivity contribution in [1.29, 1.82) is 0 Å².